The normalized spacial score (nSPS) is 12.9. The quantitative estimate of drug-likeness (QED) is 0.720. The first-order valence-corrected chi connectivity index (χ1v) is 6.04. The zero-order chi connectivity index (χ0) is 8.97. The number of rotatable bonds is 3. The molecule has 66 valence electrons. The van der Waals surface area contributed by atoms with E-state index in [1.807, 2.05) is 24.3 Å². The fourth-order valence-electron chi connectivity index (χ4n) is 0.934. The van der Waals surface area contributed by atoms with Gasteiger partial charge in [-0.25, -0.2) is 0 Å². The zero-order valence-corrected chi connectivity index (χ0v) is 10.4. The van der Waals surface area contributed by atoms with Gasteiger partial charge in [-0.15, -0.1) is 11.6 Å². The topological polar surface area (TPSA) is 0 Å². The van der Waals surface area contributed by atoms with Gasteiger partial charge in [0.05, 0.1) is 5.38 Å². The third-order valence-electron chi connectivity index (χ3n) is 1.59. The molecule has 0 fully saturated rings. The average Bonchev–Trinajstić information content (AvgIpc) is 2.06. The minimum absolute atomic E-state index is 0.123. The Morgan fingerprint density at radius 2 is 1.83 bits per heavy atom. The lowest BCUT2D eigenvalue weighted by atomic mass is 10.1. The number of halogens is 3. The molecule has 1 aromatic carbocycles. The van der Waals surface area contributed by atoms with Crippen molar-refractivity contribution in [3.63, 3.8) is 0 Å². The second-order valence-electron chi connectivity index (χ2n) is 2.50. The predicted octanol–water partition coefficient (Wildman–Crippen LogP) is 4.51. The highest BCUT2D eigenvalue weighted by Gasteiger charge is 2.05. The Labute approximate surface area is 94.6 Å². The molecule has 0 aliphatic rings. The van der Waals surface area contributed by atoms with Crippen LogP contribution in [0.3, 0.4) is 0 Å². The first-order chi connectivity index (χ1) is 5.74. The van der Waals surface area contributed by atoms with Gasteiger partial charge in [0.1, 0.15) is 0 Å². The average molecular weight is 312 g/mol. The maximum absolute atomic E-state index is 6.11. The van der Waals surface area contributed by atoms with Crippen LogP contribution in [0.15, 0.2) is 28.7 Å². The summed E-state index contributed by atoms with van der Waals surface area (Å²) < 4.78 is 1.09. The maximum atomic E-state index is 6.11. The van der Waals surface area contributed by atoms with Crippen molar-refractivity contribution in [2.45, 2.75) is 11.8 Å². The number of hydrogen-bond donors (Lipinski definition) is 0. The summed E-state index contributed by atoms with van der Waals surface area (Å²) in [7, 11) is 0. The van der Waals surface area contributed by atoms with E-state index in [1.165, 1.54) is 5.56 Å². The van der Waals surface area contributed by atoms with E-state index in [2.05, 4.69) is 31.9 Å². The lowest BCUT2D eigenvalue weighted by Gasteiger charge is -2.06. The van der Waals surface area contributed by atoms with Crippen LogP contribution < -0.4 is 0 Å². The molecule has 0 unspecified atom stereocenters. The van der Waals surface area contributed by atoms with Gasteiger partial charge in [0.25, 0.3) is 0 Å². The molecule has 0 saturated heterocycles. The molecule has 1 aromatic rings. The summed E-state index contributed by atoms with van der Waals surface area (Å²) in [6.45, 7) is 0. The minimum atomic E-state index is 0.123. The lowest BCUT2D eigenvalue weighted by molar-refractivity contribution is 0.900. The van der Waals surface area contributed by atoms with Gasteiger partial charge in [-0.3, -0.25) is 0 Å². The SMILES string of the molecule is Cl[C@@H](CCBr)c1ccc(Br)cc1. The molecule has 0 bridgehead atoms. The maximum Gasteiger partial charge on any atom is 0.0593 e. The molecule has 0 heterocycles. The van der Waals surface area contributed by atoms with Crippen molar-refractivity contribution >= 4 is 43.5 Å². The van der Waals surface area contributed by atoms with Crippen molar-refractivity contribution in [3.8, 4) is 0 Å². The van der Waals surface area contributed by atoms with Crippen LogP contribution in [0.1, 0.15) is 17.4 Å². The Morgan fingerprint density at radius 3 is 2.33 bits per heavy atom. The predicted molar refractivity (Wildman–Crippen MR) is 61.1 cm³/mol. The fraction of sp³-hybridized carbons (Fsp3) is 0.333. The Bertz CT molecular complexity index is 233. The Morgan fingerprint density at radius 1 is 1.25 bits per heavy atom. The standard InChI is InChI=1S/C9H9Br2Cl/c10-6-5-9(12)7-1-3-8(11)4-2-7/h1-4,9H,5-6H2/t9-/m0/s1. The van der Waals surface area contributed by atoms with Crippen LogP contribution in [0.25, 0.3) is 0 Å². The first-order valence-electron chi connectivity index (χ1n) is 3.69. The molecule has 3 heteroatoms. The van der Waals surface area contributed by atoms with Crippen LogP contribution in [0.2, 0.25) is 0 Å². The second-order valence-corrected chi connectivity index (χ2v) is 4.73. The number of benzene rings is 1. The van der Waals surface area contributed by atoms with Crippen molar-refractivity contribution in [2.75, 3.05) is 5.33 Å². The summed E-state index contributed by atoms with van der Waals surface area (Å²) in [5, 5.41) is 1.06. The number of hydrogen-bond acceptors (Lipinski definition) is 0. The molecule has 0 spiro atoms. The van der Waals surface area contributed by atoms with E-state index in [0.717, 1.165) is 16.2 Å². The van der Waals surface area contributed by atoms with Gasteiger partial charge in [0.15, 0.2) is 0 Å². The van der Waals surface area contributed by atoms with Crippen LogP contribution >= 0.6 is 43.5 Å². The van der Waals surface area contributed by atoms with Crippen LogP contribution in [-0.2, 0) is 0 Å². The van der Waals surface area contributed by atoms with Crippen LogP contribution in [0.4, 0.5) is 0 Å². The van der Waals surface area contributed by atoms with Gasteiger partial charge in [-0.2, -0.15) is 0 Å². The van der Waals surface area contributed by atoms with Crippen molar-refractivity contribution in [2.24, 2.45) is 0 Å². The third kappa shape index (κ3) is 3.08. The van der Waals surface area contributed by atoms with Crippen LogP contribution in [0, 0.1) is 0 Å². The van der Waals surface area contributed by atoms with E-state index in [9.17, 15) is 0 Å². The molecule has 1 atom stereocenters. The summed E-state index contributed by atoms with van der Waals surface area (Å²) in [6, 6.07) is 8.12. The van der Waals surface area contributed by atoms with E-state index in [1.54, 1.807) is 0 Å². The summed E-state index contributed by atoms with van der Waals surface area (Å²) in [5.41, 5.74) is 1.18. The molecule has 0 amide bonds. The Kier molecular flexibility index (Phi) is 4.62. The van der Waals surface area contributed by atoms with Crippen LogP contribution in [-0.4, -0.2) is 5.33 Å². The van der Waals surface area contributed by atoms with E-state index in [-0.39, 0.29) is 5.38 Å². The van der Waals surface area contributed by atoms with Crippen molar-refractivity contribution in [1.82, 2.24) is 0 Å². The molecule has 0 N–H and O–H groups in total. The molecule has 0 nitrogen and oxygen atoms in total. The highest BCUT2D eigenvalue weighted by molar-refractivity contribution is 9.10. The second kappa shape index (κ2) is 5.25. The highest BCUT2D eigenvalue weighted by atomic mass is 79.9. The van der Waals surface area contributed by atoms with Crippen LogP contribution in [0.5, 0.6) is 0 Å². The lowest BCUT2D eigenvalue weighted by Crippen LogP contribution is -1.90. The van der Waals surface area contributed by atoms with E-state index >= 15 is 0 Å². The fourth-order valence-corrected chi connectivity index (χ4v) is 2.17. The Hall–Kier alpha value is 0.470. The molecular formula is C9H9Br2Cl. The zero-order valence-electron chi connectivity index (χ0n) is 6.43. The van der Waals surface area contributed by atoms with E-state index in [0.29, 0.717) is 0 Å². The van der Waals surface area contributed by atoms with Crippen molar-refractivity contribution in [3.05, 3.63) is 34.3 Å². The molecule has 0 radical (unpaired) electrons. The van der Waals surface area contributed by atoms with Gasteiger partial charge in [0.2, 0.25) is 0 Å². The number of alkyl halides is 2. The first kappa shape index (κ1) is 10.6. The smallest absolute Gasteiger partial charge is 0.0593 e. The molecule has 1 rings (SSSR count). The molecular weight excluding hydrogens is 303 g/mol. The van der Waals surface area contributed by atoms with Crippen molar-refractivity contribution in [1.29, 1.82) is 0 Å². The van der Waals surface area contributed by atoms with Gasteiger partial charge >= 0.3 is 0 Å². The van der Waals surface area contributed by atoms with Gasteiger partial charge in [-0.1, -0.05) is 44.0 Å². The highest BCUT2D eigenvalue weighted by Crippen LogP contribution is 2.25. The Balaban J connectivity index is 2.68. The largest absolute Gasteiger partial charge is 0.118 e. The third-order valence-corrected chi connectivity index (χ3v) is 3.05. The molecule has 0 saturated carbocycles. The van der Waals surface area contributed by atoms with Gasteiger partial charge in [-0.05, 0) is 24.1 Å². The molecule has 0 aliphatic carbocycles. The van der Waals surface area contributed by atoms with E-state index in [4.69, 9.17) is 11.6 Å². The van der Waals surface area contributed by atoms with Crippen molar-refractivity contribution < 1.29 is 0 Å². The van der Waals surface area contributed by atoms with Gasteiger partial charge < -0.3 is 0 Å². The summed E-state index contributed by atoms with van der Waals surface area (Å²) >= 11 is 12.9. The minimum Gasteiger partial charge on any atom is -0.118 e. The monoisotopic (exact) mass is 310 g/mol. The van der Waals surface area contributed by atoms with E-state index < -0.39 is 0 Å². The molecule has 0 aromatic heterocycles. The summed E-state index contributed by atoms with van der Waals surface area (Å²) in [5.74, 6) is 0. The summed E-state index contributed by atoms with van der Waals surface area (Å²) in [6.07, 6.45) is 0.961. The molecule has 12 heavy (non-hydrogen) atoms. The summed E-state index contributed by atoms with van der Waals surface area (Å²) in [4.78, 5) is 0. The van der Waals surface area contributed by atoms with Gasteiger partial charge in [0, 0.05) is 9.80 Å². The molecule has 0 aliphatic heterocycles.